The summed E-state index contributed by atoms with van der Waals surface area (Å²) in [4.78, 5) is 0. The molecule has 0 fully saturated rings. The second-order valence-electron chi connectivity index (χ2n) is 1.29. The molecule has 2 N–H and O–H groups in total. The molecular formula is C3H7N3O. The molecule has 0 unspecified atom stereocenters. The van der Waals surface area contributed by atoms with Crippen LogP contribution in [-0.4, -0.2) is 22.5 Å². The van der Waals surface area contributed by atoms with Crippen molar-refractivity contribution in [1.82, 2.24) is 15.7 Å². The van der Waals surface area contributed by atoms with Crippen molar-refractivity contribution < 1.29 is 5.21 Å². The lowest BCUT2D eigenvalue weighted by Crippen LogP contribution is -2.35. The smallest absolute Gasteiger partial charge is 0.0652 e. The third-order valence-corrected chi connectivity index (χ3v) is 0.777. The molecule has 0 aromatic heterocycles. The fraction of sp³-hybridized carbons (Fsp3) is 0.333. The maximum Gasteiger partial charge on any atom is 0.0652 e. The summed E-state index contributed by atoms with van der Waals surface area (Å²) in [5, 5.41) is 11.0. The van der Waals surface area contributed by atoms with Crippen molar-refractivity contribution in [3.63, 3.8) is 0 Å². The van der Waals surface area contributed by atoms with Crippen LogP contribution in [0.3, 0.4) is 0 Å². The normalized spacial score (nSPS) is 20.6. The minimum Gasteiger partial charge on any atom is -0.305 e. The predicted molar refractivity (Wildman–Crippen MR) is 23.7 cm³/mol. The average molecular weight is 101 g/mol. The van der Waals surface area contributed by atoms with Crippen LogP contribution in [0.4, 0.5) is 0 Å². The van der Waals surface area contributed by atoms with Crippen molar-refractivity contribution in [3.8, 4) is 0 Å². The van der Waals surface area contributed by atoms with Crippen LogP contribution in [0.1, 0.15) is 0 Å². The van der Waals surface area contributed by atoms with E-state index in [1.807, 2.05) is 0 Å². The topological polar surface area (TPSA) is 38.7 Å². The standard InChI is InChI=1S/C3H7N3O/c1-5-4-2-3-6(5)7/h2-4,7H,1H3. The first-order valence-electron chi connectivity index (χ1n) is 1.95. The molecule has 1 heterocycles. The molecule has 0 saturated heterocycles. The van der Waals surface area contributed by atoms with E-state index in [0.717, 1.165) is 5.17 Å². The Balaban J connectivity index is 2.45. The predicted octanol–water partition coefficient (Wildman–Crippen LogP) is -0.486. The fourth-order valence-corrected chi connectivity index (χ4v) is 0.367. The highest BCUT2D eigenvalue weighted by Crippen LogP contribution is 1.91. The number of rotatable bonds is 0. The zero-order valence-corrected chi connectivity index (χ0v) is 4.00. The number of hydroxylamine groups is 1. The summed E-state index contributed by atoms with van der Waals surface area (Å²) in [6.07, 6.45) is 3.12. The first-order chi connectivity index (χ1) is 3.30. The molecule has 40 valence electrons. The number of hydrazine groups is 2. The van der Waals surface area contributed by atoms with Crippen molar-refractivity contribution in [1.29, 1.82) is 0 Å². The molecule has 0 radical (unpaired) electrons. The molecule has 0 spiro atoms. The molecular weight excluding hydrogens is 94.1 g/mol. The van der Waals surface area contributed by atoms with E-state index in [9.17, 15) is 0 Å². The Labute approximate surface area is 41.5 Å². The van der Waals surface area contributed by atoms with Gasteiger partial charge in [0.2, 0.25) is 0 Å². The maximum absolute atomic E-state index is 8.61. The van der Waals surface area contributed by atoms with Crippen molar-refractivity contribution in [2.75, 3.05) is 7.05 Å². The molecule has 0 aromatic rings. The summed E-state index contributed by atoms with van der Waals surface area (Å²) >= 11 is 0. The van der Waals surface area contributed by atoms with Gasteiger partial charge in [0, 0.05) is 13.2 Å². The van der Waals surface area contributed by atoms with E-state index < -0.39 is 0 Å². The summed E-state index contributed by atoms with van der Waals surface area (Å²) < 4.78 is 0. The van der Waals surface area contributed by atoms with Crippen LogP contribution < -0.4 is 5.43 Å². The lowest BCUT2D eigenvalue weighted by atomic mass is 11.0. The van der Waals surface area contributed by atoms with Gasteiger partial charge in [-0.1, -0.05) is 0 Å². The summed E-state index contributed by atoms with van der Waals surface area (Å²) in [6, 6.07) is 0. The minimum absolute atomic E-state index is 0.944. The second-order valence-corrected chi connectivity index (χ2v) is 1.29. The van der Waals surface area contributed by atoms with Gasteiger partial charge in [0.05, 0.1) is 6.20 Å². The van der Waals surface area contributed by atoms with E-state index in [2.05, 4.69) is 5.43 Å². The highest BCUT2D eigenvalue weighted by atomic mass is 16.6. The Morgan fingerprint density at radius 1 is 1.71 bits per heavy atom. The molecule has 1 aliphatic rings. The molecule has 1 rings (SSSR count). The minimum atomic E-state index is 0.944. The van der Waals surface area contributed by atoms with Crippen molar-refractivity contribution in [2.24, 2.45) is 0 Å². The molecule has 4 nitrogen and oxygen atoms in total. The van der Waals surface area contributed by atoms with E-state index in [1.165, 1.54) is 11.3 Å². The summed E-state index contributed by atoms with van der Waals surface area (Å²) in [7, 11) is 1.69. The average Bonchev–Trinajstić information content (AvgIpc) is 1.91. The highest BCUT2D eigenvalue weighted by Gasteiger charge is 2.03. The second kappa shape index (κ2) is 1.40. The van der Waals surface area contributed by atoms with Crippen molar-refractivity contribution in [3.05, 3.63) is 12.4 Å². The van der Waals surface area contributed by atoms with E-state index in [1.54, 1.807) is 13.2 Å². The Kier molecular flexibility index (Phi) is 0.883. The van der Waals surface area contributed by atoms with Crippen LogP contribution in [0.15, 0.2) is 12.4 Å². The van der Waals surface area contributed by atoms with Crippen LogP contribution in [-0.2, 0) is 0 Å². The molecule has 0 atom stereocenters. The molecule has 4 heteroatoms. The van der Waals surface area contributed by atoms with Gasteiger partial charge in [-0.05, 0) is 0 Å². The Hall–Kier alpha value is -0.740. The van der Waals surface area contributed by atoms with E-state index in [0.29, 0.717) is 0 Å². The number of hydrogen-bond acceptors (Lipinski definition) is 4. The fourth-order valence-electron chi connectivity index (χ4n) is 0.367. The SMILES string of the molecule is CN1NC=CN1O. The van der Waals surface area contributed by atoms with Gasteiger partial charge in [-0.15, -0.1) is 5.12 Å². The van der Waals surface area contributed by atoms with Gasteiger partial charge in [-0.3, -0.25) is 5.21 Å². The zero-order valence-electron chi connectivity index (χ0n) is 4.00. The summed E-state index contributed by atoms with van der Waals surface area (Å²) in [5.41, 5.74) is 2.70. The molecule has 0 aliphatic carbocycles. The molecule has 1 aliphatic heterocycles. The molecule has 0 amide bonds. The maximum atomic E-state index is 8.61. The molecule has 7 heavy (non-hydrogen) atoms. The zero-order chi connectivity index (χ0) is 5.28. The number of nitrogens with zero attached hydrogens (tertiary/aromatic N) is 2. The molecule has 0 aromatic carbocycles. The van der Waals surface area contributed by atoms with Crippen LogP contribution in [0.25, 0.3) is 0 Å². The lowest BCUT2D eigenvalue weighted by Gasteiger charge is -2.15. The quantitative estimate of drug-likeness (QED) is 0.432. The largest absolute Gasteiger partial charge is 0.305 e. The third kappa shape index (κ3) is 0.652. The van der Waals surface area contributed by atoms with Gasteiger partial charge in [-0.25, -0.2) is 0 Å². The van der Waals surface area contributed by atoms with Gasteiger partial charge >= 0.3 is 0 Å². The van der Waals surface area contributed by atoms with Crippen molar-refractivity contribution in [2.45, 2.75) is 0 Å². The Bertz CT molecular complexity index is 92.2. The third-order valence-electron chi connectivity index (χ3n) is 0.777. The van der Waals surface area contributed by atoms with Crippen LogP contribution in [0.5, 0.6) is 0 Å². The first kappa shape index (κ1) is 4.42. The Morgan fingerprint density at radius 2 is 2.43 bits per heavy atom. The van der Waals surface area contributed by atoms with E-state index in [4.69, 9.17) is 5.21 Å². The summed E-state index contributed by atoms with van der Waals surface area (Å²) in [5.74, 6) is 0. The summed E-state index contributed by atoms with van der Waals surface area (Å²) in [6.45, 7) is 0. The van der Waals surface area contributed by atoms with Gasteiger partial charge in [-0.2, -0.15) is 5.17 Å². The van der Waals surface area contributed by atoms with E-state index >= 15 is 0 Å². The first-order valence-corrected chi connectivity index (χ1v) is 1.95. The van der Waals surface area contributed by atoms with Crippen LogP contribution in [0, 0.1) is 0 Å². The van der Waals surface area contributed by atoms with E-state index in [-0.39, 0.29) is 0 Å². The van der Waals surface area contributed by atoms with Crippen molar-refractivity contribution >= 4 is 0 Å². The molecule has 0 saturated carbocycles. The highest BCUT2D eigenvalue weighted by molar-refractivity contribution is 4.77. The van der Waals surface area contributed by atoms with Crippen LogP contribution in [0.2, 0.25) is 0 Å². The van der Waals surface area contributed by atoms with Crippen LogP contribution >= 0.6 is 0 Å². The van der Waals surface area contributed by atoms with Gasteiger partial charge in [0.15, 0.2) is 0 Å². The number of nitrogens with one attached hydrogen (secondary N) is 1. The van der Waals surface area contributed by atoms with Gasteiger partial charge < -0.3 is 5.43 Å². The van der Waals surface area contributed by atoms with Gasteiger partial charge in [0.25, 0.3) is 0 Å². The molecule has 0 bridgehead atoms. The monoisotopic (exact) mass is 101 g/mol. The Morgan fingerprint density at radius 3 is 2.57 bits per heavy atom. The lowest BCUT2D eigenvalue weighted by molar-refractivity contribution is -0.198. The van der Waals surface area contributed by atoms with Gasteiger partial charge in [0.1, 0.15) is 0 Å². The number of hydrogen-bond donors (Lipinski definition) is 2.